The van der Waals surface area contributed by atoms with Gasteiger partial charge in [-0.2, -0.15) is 0 Å². The lowest BCUT2D eigenvalue weighted by atomic mass is 10.0. The average Bonchev–Trinajstić information content (AvgIpc) is 2.96. The Bertz CT molecular complexity index is 707. The number of unbranched alkanes of at least 4 members (excludes halogenated alkanes) is 18. The van der Waals surface area contributed by atoms with Crippen LogP contribution in [0.15, 0.2) is 0 Å². The summed E-state index contributed by atoms with van der Waals surface area (Å²) in [5.41, 5.74) is 0. The molecule has 2 atom stereocenters. The van der Waals surface area contributed by atoms with Gasteiger partial charge in [-0.3, -0.25) is 9.59 Å². The van der Waals surface area contributed by atoms with Crippen LogP contribution in [-0.4, -0.2) is 80.6 Å². The number of aliphatic carboxylic acids is 1. The topological polar surface area (TPSA) is 99.1 Å². The maximum Gasteiger partial charge on any atom is 0.362 e. The van der Waals surface area contributed by atoms with Gasteiger partial charge in [0.25, 0.3) is 0 Å². The highest BCUT2D eigenvalue weighted by molar-refractivity contribution is 5.72. The van der Waals surface area contributed by atoms with E-state index in [0.29, 0.717) is 19.3 Å². The van der Waals surface area contributed by atoms with Crippen LogP contribution in [0.3, 0.4) is 0 Å². The van der Waals surface area contributed by atoms with E-state index in [4.69, 9.17) is 14.2 Å². The van der Waals surface area contributed by atoms with Crippen molar-refractivity contribution in [3.63, 3.8) is 0 Å². The first-order valence-electron chi connectivity index (χ1n) is 18.1. The van der Waals surface area contributed by atoms with Crippen molar-refractivity contribution >= 4 is 17.9 Å². The first kappa shape index (κ1) is 42.3. The Balaban J connectivity index is 4.40. The van der Waals surface area contributed by atoms with Crippen molar-refractivity contribution in [3.05, 3.63) is 0 Å². The molecule has 0 aromatic carbocycles. The summed E-state index contributed by atoms with van der Waals surface area (Å²) < 4.78 is 17.1. The van der Waals surface area contributed by atoms with Gasteiger partial charge in [0.05, 0.1) is 34.4 Å². The van der Waals surface area contributed by atoms with Crippen molar-refractivity contribution in [2.75, 3.05) is 41.0 Å². The van der Waals surface area contributed by atoms with Crippen LogP contribution in [0, 0.1) is 0 Å². The zero-order valence-corrected chi connectivity index (χ0v) is 29.4. The molecule has 0 fully saturated rings. The van der Waals surface area contributed by atoms with E-state index in [1.54, 1.807) is 0 Å². The number of likely N-dealkylation sites (N-methyl/N-ethyl adjacent to an activating group) is 1. The van der Waals surface area contributed by atoms with E-state index in [1.165, 1.54) is 89.9 Å². The average molecular weight is 629 g/mol. The number of hydrogen-bond acceptors (Lipinski definition) is 6. The van der Waals surface area contributed by atoms with Gasteiger partial charge in [0, 0.05) is 19.3 Å². The summed E-state index contributed by atoms with van der Waals surface area (Å²) in [6.07, 6.45) is 24.3. The summed E-state index contributed by atoms with van der Waals surface area (Å²) in [6, 6.07) is -0.605. The van der Waals surface area contributed by atoms with E-state index >= 15 is 0 Å². The molecule has 8 heteroatoms. The van der Waals surface area contributed by atoms with Crippen LogP contribution in [0.2, 0.25) is 0 Å². The van der Waals surface area contributed by atoms with Gasteiger partial charge in [-0.25, -0.2) is 4.79 Å². The minimum absolute atomic E-state index is 0.0437. The second-order valence-corrected chi connectivity index (χ2v) is 13.5. The molecule has 0 radical (unpaired) electrons. The van der Waals surface area contributed by atoms with Gasteiger partial charge in [0.2, 0.25) is 0 Å². The number of carboxylic acid groups (broad SMARTS) is 1. The minimum Gasteiger partial charge on any atom is -0.477 e. The normalized spacial score (nSPS) is 13.0. The highest BCUT2D eigenvalue weighted by Gasteiger charge is 2.31. The molecule has 0 heterocycles. The Morgan fingerprint density at radius 1 is 0.591 bits per heavy atom. The molecule has 0 spiro atoms. The summed E-state index contributed by atoms with van der Waals surface area (Å²) in [6.45, 7) is 4.70. The van der Waals surface area contributed by atoms with Gasteiger partial charge in [0.15, 0.2) is 12.1 Å². The molecule has 0 aliphatic rings. The maximum absolute atomic E-state index is 12.5. The SMILES string of the molecule is CCCCCCCCCCCCCCC(=O)OCC(COCCC(C(=O)O)[N+](C)(C)C)OC(=O)CCCCCCCCCC. The number of rotatable bonds is 32. The standard InChI is InChI=1S/C36H69NO7/c1-6-8-10-12-14-16-17-18-19-21-22-24-26-34(38)43-31-32(30-42-29-28-33(36(40)41)37(3,4)5)44-35(39)27-25-23-20-15-13-11-9-7-2/h32-33H,6-31H2,1-5H3/p+1. The predicted octanol–water partition coefficient (Wildman–Crippen LogP) is 8.63. The number of esters is 2. The Morgan fingerprint density at radius 3 is 1.41 bits per heavy atom. The van der Waals surface area contributed by atoms with Crippen molar-refractivity contribution in [1.82, 2.24) is 0 Å². The van der Waals surface area contributed by atoms with Crippen molar-refractivity contribution in [2.24, 2.45) is 0 Å². The molecule has 0 amide bonds. The monoisotopic (exact) mass is 629 g/mol. The smallest absolute Gasteiger partial charge is 0.362 e. The van der Waals surface area contributed by atoms with Gasteiger partial charge in [-0.1, -0.05) is 129 Å². The molecule has 0 aliphatic heterocycles. The van der Waals surface area contributed by atoms with Gasteiger partial charge >= 0.3 is 17.9 Å². The fourth-order valence-corrected chi connectivity index (χ4v) is 5.38. The van der Waals surface area contributed by atoms with Crippen LogP contribution < -0.4 is 0 Å². The molecule has 0 saturated carbocycles. The van der Waals surface area contributed by atoms with Gasteiger partial charge < -0.3 is 23.8 Å². The molecule has 44 heavy (non-hydrogen) atoms. The van der Waals surface area contributed by atoms with Gasteiger partial charge in [-0.15, -0.1) is 0 Å². The highest BCUT2D eigenvalue weighted by atomic mass is 16.6. The van der Waals surface area contributed by atoms with E-state index < -0.39 is 18.1 Å². The Morgan fingerprint density at radius 2 is 1.00 bits per heavy atom. The Hall–Kier alpha value is -1.67. The Labute approximate surface area is 270 Å². The molecule has 8 nitrogen and oxygen atoms in total. The molecule has 0 saturated heterocycles. The first-order chi connectivity index (χ1) is 21.1. The number of carbonyl (C=O) groups is 3. The van der Waals surface area contributed by atoms with E-state index in [2.05, 4.69) is 13.8 Å². The quantitative estimate of drug-likeness (QED) is 0.0452. The number of ether oxygens (including phenoxy) is 3. The molecular formula is C36H70NO7+. The summed E-state index contributed by atoms with van der Waals surface area (Å²) in [7, 11) is 5.51. The van der Waals surface area contributed by atoms with E-state index in [-0.39, 0.29) is 36.2 Å². The van der Waals surface area contributed by atoms with Crippen LogP contribution in [0.4, 0.5) is 0 Å². The molecule has 0 rings (SSSR count). The summed E-state index contributed by atoms with van der Waals surface area (Å²) >= 11 is 0. The second-order valence-electron chi connectivity index (χ2n) is 13.5. The largest absolute Gasteiger partial charge is 0.477 e. The van der Waals surface area contributed by atoms with Crippen LogP contribution >= 0.6 is 0 Å². The highest BCUT2D eigenvalue weighted by Crippen LogP contribution is 2.14. The predicted molar refractivity (Wildman–Crippen MR) is 179 cm³/mol. The lowest BCUT2D eigenvalue weighted by Crippen LogP contribution is -2.50. The molecule has 0 aliphatic carbocycles. The fourth-order valence-electron chi connectivity index (χ4n) is 5.38. The van der Waals surface area contributed by atoms with E-state index in [9.17, 15) is 19.5 Å². The number of carbonyl (C=O) groups excluding carboxylic acids is 2. The maximum atomic E-state index is 12.5. The van der Waals surface area contributed by atoms with Crippen molar-refractivity contribution in [3.8, 4) is 0 Å². The van der Waals surface area contributed by atoms with Crippen molar-refractivity contribution in [1.29, 1.82) is 0 Å². The van der Waals surface area contributed by atoms with E-state index in [1.807, 2.05) is 21.1 Å². The zero-order chi connectivity index (χ0) is 32.9. The fraction of sp³-hybridized carbons (Fsp3) is 0.917. The molecule has 260 valence electrons. The number of nitrogens with zero attached hydrogens (tertiary/aromatic N) is 1. The summed E-state index contributed by atoms with van der Waals surface area (Å²) in [4.78, 5) is 36.6. The van der Waals surface area contributed by atoms with Crippen LogP contribution in [-0.2, 0) is 28.6 Å². The number of carboxylic acids is 1. The molecular weight excluding hydrogens is 558 g/mol. The number of quaternary nitrogens is 1. The molecule has 2 unspecified atom stereocenters. The molecule has 1 N–H and O–H groups in total. The minimum atomic E-state index is -0.874. The molecule has 0 bridgehead atoms. The third-order valence-electron chi connectivity index (χ3n) is 8.26. The van der Waals surface area contributed by atoms with Gasteiger partial charge in [0.1, 0.15) is 6.61 Å². The van der Waals surface area contributed by atoms with Crippen LogP contribution in [0.5, 0.6) is 0 Å². The lowest BCUT2D eigenvalue weighted by Gasteiger charge is -2.31. The third-order valence-corrected chi connectivity index (χ3v) is 8.26. The first-order valence-corrected chi connectivity index (χ1v) is 18.1. The van der Waals surface area contributed by atoms with Gasteiger partial charge in [-0.05, 0) is 12.8 Å². The molecule has 0 aromatic rings. The van der Waals surface area contributed by atoms with Crippen molar-refractivity contribution < 1.29 is 38.2 Å². The second kappa shape index (κ2) is 28.8. The number of hydrogen-bond donors (Lipinski definition) is 1. The molecule has 0 aromatic heterocycles. The zero-order valence-electron chi connectivity index (χ0n) is 29.4. The lowest BCUT2D eigenvalue weighted by molar-refractivity contribution is -0.887. The van der Waals surface area contributed by atoms with Crippen LogP contribution in [0.1, 0.15) is 162 Å². The Kier molecular flexibility index (Phi) is 27.7. The van der Waals surface area contributed by atoms with Crippen molar-refractivity contribution in [2.45, 2.75) is 174 Å². The van der Waals surface area contributed by atoms with Crippen LogP contribution in [0.25, 0.3) is 0 Å². The third kappa shape index (κ3) is 26.7. The summed E-state index contributed by atoms with van der Waals surface area (Å²) in [5.74, 6) is -1.46. The van der Waals surface area contributed by atoms with E-state index in [0.717, 1.165) is 38.5 Å². The summed E-state index contributed by atoms with van der Waals surface area (Å²) in [5, 5.41) is 9.54.